The standard InChI is InChI=1S/C15H27N3S/c1-4-15(3,18-9-6-5-7-10-18)14(17-16)13-12(2)8-11-19-13/h8,11,14,17H,4-7,9-10,16H2,1-3H3. The minimum atomic E-state index is 0.102. The molecule has 3 N–H and O–H groups in total. The zero-order valence-electron chi connectivity index (χ0n) is 12.4. The quantitative estimate of drug-likeness (QED) is 0.643. The first-order valence-corrected chi connectivity index (χ1v) is 8.26. The van der Waals surface area contributed by atoms with Crippen LogP contribution in [0.15, 0.2) is 11.4 Å². The van der Waals surface area contributed by atoms with E-state index in [1.807, 2.05) is 11.3 Å². The van der Waals surface area contributed by atoms with E-state index in [0.717, 1.165) is 6.42 Å². The Morgan fingerprint density at radius 1 is 1.42 bits per heavy atom. The lowest BCUT2D eigenvalue weighted by Crippen LogP contribution is -2.57. The monoisotopic (exact) mass is 281 g/mol. The fourth-order valence-corrected chi connectivity index (χ4v) is 4.36. The summed E-state index contributed by atoms with van der Waals surface area (Å²) in [5, 5.41) is 2.17. The van der Waals surface area contributed by atoms with Crippen molar-refractivity contribution in [1.82, 2.24) is 10.3 Å². The Hall–Kier alpha value is -0.420. The highest BCUT2D eigenvalue weighted by Crippen LogP contribution is 2.38. The lowest BCUT2D eigenvalue weighted by molar-refractivity contribution is 0.0433. The fourth-order valence-electron chi connectivity index (χ4n) is 3.23. The maximum Gasteiger partial charge on any atom is 0.0736 e. The molecule has 19 heavy (non-hydrogen) atoms. The molecule has 1 fully saturated rings. The summed E-state index contributed by atoms with van der Waals surface area (Å²) in [7, 11) is 0. The van der Waals surface area contributed by atoms with Gasteiger partial charge < -0.3 is 0 Å². The van der Waals surface area contributed by atoms with Crippen LogP contribution in [-0.4, -0.2) is 23.5 Å². The number of rotatable bonds is 5. The molecular weight excluding hydrogens is 254 g/mol. The van der Waals surface area contributed by atoms with Crippen LogP contribution in [-0.2, 0) is 0 Å². The highest BCUT2D eigenvalue weighted by molar-refractivity contribution is 7.10. The topological polar surface area (TPSA) is 41.3 Å². The number of thiophene rings is 1. The molecule has 1 aromatic heterocycles. The van der Waals surface area contributed by atoms with E-state index in [1.165, 1.54) is 42.8 Å². The van der Waals surface area contributed by atoms with Crippen LogP contribution in [0, 0.1) is 6.92 Å². The van der Waals surface area contributed by atoms with Crippen molar-refractivity contribution >= 4 is 11.3 Å². The van der Waals surface area contributed by atoms with E-state index in [1.54, 1.807) is 0 Å². The maximum atomic E-state index is 5.93. The van der Waals surface area contributed by atoms with Crippen molar-refractivity contribution in [3.8, 4) is 0 Å². The normalized spacial score (nSPS) is 22.1. The Morgan fingerprint density at radius 3 is 2.58 bits per heavy atom. The minimum Gasteiger partial charge on any atom is -0.296 e. The van der Waals surface area contributed by atoms with E-state index < -0.39 is 0 Å². The van der Waals surface area contributed by atoms with Crippen LogP contribution < -0.4 is 11.3 Å². The number of nitrogens with two attached hydrogens (primary N) is 1. The molecule has 1 aliphatic heterocycles. The summed E-state index contributed by atoms with van der Waals surface area (Å²) < 4.78 is 0. The van der Waals surface area contributed by atoms with Crippen molar-refractivity contribution in [2.75, 3.05) is 13.1 Å². The molecule has 0 aromatic carbocycles. The van der Waals surface area contributed by atoms with Crippen LogP contribution >= 0.6 is 11.3 Å². The van der Waals surface area contributed by atoms with Gasteiger partial charge in [0.25, 0.3) is 0 Å². The molecular formula is C15H27N3S. The van der Waals surface area contributed by atoms with E-state index in [4.69, 9.17) is 5.84 Å². The maximum absolute atomic E-state index is 5.93. The molecule has 2 atom stereocenters. The van der Waals surface area contributed by atoms with Gasteiger partial charge in [-0.05, 0) is 63.2 Å². The molecule has 2 unspecified atom stereocenters. The van der Waals surface area contributed by atoms with Crippen LogP contribution in [0.4, 0.5) is 0 Å². The summed E-state index contributed by atoms with van der Waals surface area (Å²) in [4.78, 5) is 4.03. The van der Waals surface area contributed by atoms with E-state index in [0.29, 0.717) is 0 Å². The number of likely N-dealkylation sites (tertiary alicyclic amines) is 1. The van der Waals surface area contributed by atoms with Crippen LogP contribution in [0.25, 0.3) is 0 Å². The van der Waals surface area contributed by atoms with Crippen molar-refractivity contribution in [1.29, 1.82) is 0 Å². The SMILES string of the molecule is CCC(C)(C(NN)c1sccc1C)N1CCCCC1. The summed E-state index contributed by atoms with van der Waals surface area (Å²) in [6.07, 6.45) is 5.11. The van der Waals surface area contributed by atoms with Gasteiger partial charge >= 0.3 is 0 Å². The highest BCUT2D eigenvalue weighted by atomic mass is 32.1. The van der Waals surface area contributed by atoms with Gasteiger partial charge in [-0.2, -0.15) is 0 Å². The molecule has 3 nitrogen and oxygen atoms in total. The summed E-state index contributed by atoms with van der Waals surface area (Å²) >= 11 is 1.82. The van der Waals surface area contributed by atoms with Gasteiger partial charge in [0.15, 0.2) is 0 Å². The highest BCUT2D eigenvalue weighted by Gasteiger charge is 2.40. The smallest absolute Gasteiger partial charge is 0.0736 e. The number of hydrazine groups is 1. The average Bonchev–Trinajstić information content (AvgIpc) is 2.86. The fraction of sp³-hybridized carbons (Fsp3) is 0.733. The predicted octanol–water partition coefficient (Wildman–Crippen LogP) is 3.22. The van der Waals surface area contributed by atoms with Crippen LogP contribution in [0.5, 0.6) is 0 Å². The van der Waals surface area contributed by atoms with Crippen molar-refractivity contribution < 1.29 is 0 Å². The number of piperidine rings is 1. The molecule has 2 rings (SSSR count). The Kier molecular flexibility index (Phi) is 5.01. The van der Waals surface area contributed by atoms with Crippen molar-refractivity contribution in [3.05, 3.63) is 21.9 Å². The summed E-state index contributed by atoms with van der Waals surface area (Å²) in [5.74, 6) is 5.93. The Balaban J connectivity index is 2.29. The molecule has 0 radical (unpaired) electrons. The van der Waals surface area contributed by atoms with Crippen molar-refractivity contribution in [2.24, 2.45) is 5.84 Å². The Morgan fingerprint density at radius 2 is 2.11 bits per heavy atom. The molecule has 0 saturated carbocycles. The first-order valence-electron chi connectivity index (χ1n) is 7.38. The molecule has 1 aliphatic rings. The summed E-state index contributed by atoms with van der Waals surface area (Å²) in [5.41, 5.74) is 4.56. The third kappa shape index (κ3) is 2.87. The van der Waals surface area contributed by atoms with Gasteiger partial charge in [-0.3, -0.25) is 16.2 Å². The van der Waals surface area contributed by atoms with E-state index in [-0.39, 0.29) is 11.6 Å². The van der Waals surface area contributed by atoms with Gasteiger partial charge in [-0.1, -0.05) is 13.3 Å². The number of hydrogen-bond donors (Lipinski definition) is 2. The summed E-state index contributed by atoms with van der Waals surface area (Å²) in [6.45, 7) is 9.23. The lowest BCUT2D eigenvalue weighted by atomic mass is 9.84. The first kappa shape index (κ1) is 15.0. The molecule has 4 heteroatoms. The molecule has 2 heterocycles. The van der Waals surface area contributed by atoms with E-state index in [2.05, 4.69) is 42.5 Å². The second-order valence-electron chi connectivity index (χ2n) is 5.83. The molecule has 0 aliphatic carbocycles. The molecule has 0 spiro atoms. The third-order valence-electron chi connectivity index (χ3n) is 4.75. The molecule has 0 bridgehead atoms. The second-order valence-corrected chi connectivity index (χ2v) is 6.77. The predicted molar refractivity (Wildman–Crippen MR) is 83.2 cm³/mol. The number of aryl methyl sites for hydroxylation is 1. The van der Waals surface area contributed by atoms with Crippen molar-refractivity contribution in [3.63, 3.8) is 0 Å². The molecule has 108 valence electrons. The lowest BCUT2D eigenvalue weighted by Gasteiger charge is -2.47. The van der Waals surface area contributed by atoms with Gasteiger partial charge in [0.2, 0.25) is 0 Å². The van der Waals surface area contributed by atoms with Gasteiger partial charge in [0.1, 0.15) is 0 Å². The zero-order chi connectivity index (χ0) is 13.9. The van der Waals surface area contributed by atoms with E-state index in [9.17, 15) is 0 Å². The Labute approximate surface area is 121 Å². The number of nitrogens with one attached hydrogen (secondary N) is 1. The van der Waals surface area contributed by atoms with E-state index >= 15 is 0 Å². The van der Waals surface area contributed by atoms with Gasteiger partial charge in [0.05, 0.1) is 6.04 Å². The zero-order valence-corrected chi connectivity index (χ0v) is 13.2. The minimum absolute atomic E-state index is 0.102. The van der Waals surface area contributed by atoms with Crippen LogP contribution in [0.3, 0.4) is 0 Å². The molecule has 0 amide bonds. The number of nitrogens with zero attached hydrogens (tertiary/aromatic N) is 1. The average molecular weight is 281 g/mol. The second kappa shape index (κ2) is 6.35. The Bertz CT molecular complexity index is 398. The van der Waals surface area contributed by atoms with Gasteiger partial charge in [0, 0.05) is 10.4 Å². The van der Waals surface area contributed by atoms with Gasteiger partial charge in [-0.15, -0.1) is 11.3 Å². The largest absolute Gasteiger partial charge is 0.296 e. The summed E-state index contributed by atoms with van der Waals surface area (Å²) in [6, 6.07) is 2.41. The van der Waals surface area contributed by atoms with Crippen LogP contribution in [0.1, 0.15) is 56.0 Å². The number of hydrogen-bond acceptors (Lipinski definition) is 4. The van der Waals surface area contributed by atoms with Crippen LogP contribution in [0.2, 0.25) is 0 Å². The molecule has 1 aromatic rings. The van der Waals surface area contributed by atoms with Crippen molar-refractivity contribution in [2.45, 2.75) is 58.0 Å². The van der Waals surface area contributed by atoms with Gasteiger partial charge in [-0.25, -0.2) is 0 Å². The molecule has 1 saturated heterocycles. The third-order valence-corrected chi connectivity index (χ3v) is 5.83. The first-order chi connectivity index (χ1) is 9.13.